The number of anilines is 2. The van der Waals surface area contributed by atoms with Gasteiger partial charge in [0.05, 0.1) is 24.2 Å². The number of hydrogen-bond donors (Lipinski definition) is 2. The molecule has 3 aromatic carbocycles. The first-order valence-corrected chi connectivity index (χ1v) is 11.4. The maximum absolute atomic E-state index is 12.4. The Morgan fingerprint density at radius 2 is 1.58 bits per heavy atom. The lowest BCUT2D eigenvalue weighted by Gasteiger charge is -2.15. The third-order valence-electron chi connectivity index (χ3n) is 5.71. The number of para-hydroxylation sites is 1. The largest absolute Gasteiger partial charge is 0.456 e. The van der Waals surface area contributed by atoms with E-state index in [-0.39, 0.29) is 5.97 Å². The summed E-state index contributed by atoms with van der Waals surface area (Å²) in [5.74, 6) is 1.08. The summed E-state index contributed by atoms with van der Waals surface area (Å²) in [6.45, 7) is 7.57. The number of quaternary nitrogens is 1. The SMILES string of the molecule is CC[NH+](CC)CCOC(=O)c1ccc(Nc2nc(-c3ccccc3)nc3ccccc23)cc1. The fourth-order valence-electron chi connectivity index (χ4n) is 3.69. The molecule has 1 heterocycles. The average Bonchev–Trinajstić information content (AvgIpc) is 2.87. The monoisotopic (exact) mass is 441 g/mol. The summed E-state index contributed by atoms with van der Waals surface area (Å²) in [5.41, 5.74) is 3.19. The van der Waals surface area contributed by atoms with Crippen LogP contribution in [0.5, 0.6) is 0 Å². The van der Waals surface area contributed by atoms with Gasteiger partial charge in [0, 0.05) is 16.6 Å². The maximum atomic E-state index is 12.4. The lowest BCUT2D eigenvalue weighted by atomic mass is 10.1. The molecule has 4 rings (SSSR count). The molecule has 0 fully saturated rings. The van der Waals surface area contributed by atoms with E-state index in [0.29, 0.717) is 18.0 Å². The summed E-state index contributed by atoms with van der Waals surface area (Å²) in [6, 6.07) is 25.1. The van der Waals surface area contributed by atoms with E-state index in [9.17, 15) is 4.79 Å². The number of fused-ring (bicyclic) bond motifs is 1. The van der Waals surface area contributed by atoms with E-state index in [1.165, 1.54) is 4.90 Å². The average molecular weight is 442 g/mol. The number of carbonyl (C=O) groups is 1. The number of nitrogens with zero attached hydrogens (tertiary/aromatic N) is 2. The van der Waals surface area contributed by atoms with Gasteiger partial charge in [0.1, 0.15) is 19.0 Å². The molecule has 2 N–H and O–H groups in total. The fraction of sp³-hybridized carbons (Fsp3) is 0.222. The predicted molar refractivity (Wildman–Crippen MR) is 132 cm³/mol. The molecule has 0 amide bonds. The first-order chi connectivity index (χ1) is 16.2. The van der Waals surface area contributed by atoms with Gasteiger partial charge in [-0.25, -0.2) is 14.8 Å². The maximum Gasteiger partial charge on any atom is 0.338 e. The molecule has 6 nitrogen and oxygen atoms in total. The summed E-state index contributed by atoms with van der Waals surface area (Å²) >= 11 is 0. The van der Waals surface area contributed by atoms with Crippen LogP contribution in [0.2, 0.25) is 0 Å². The lowest BCUT2D eigenvalue weighted by molar-refractivity contribution is -0.896. The topological polar surface area (TPSA) is 68.6 Å². The fourth-order valence-corrected chi connectivity index (χ4v) is 3.69. The van der Waals surface area contributed by atoms with E-state index < -0.39 is 0 Å². The number of rotatable bonds is 9. The van der Waals surface area contributed by atoms with Crippen LogP contribution in [0.25, 0.3) is 22.3 Å². The zero-order chi connectivity index (χ0) is 23.0. The Bertz CT molecular complexity index is 1210. The van der Waals surface area contributed by atoms with Crippen molar-refractivity contribution in [1.29, 1.82) is 0 Å². The third-order valence-corrected chi connectivity index (χ3v) is 5.71. The second-order valence-corrected chi connectivity index (χ2v) is 7.82. The van der Waals surface area contributed by atoms with Crippen molar-refractivity contribution < 1.29 is 14.4 Å². The van der Waals surface area contributed by atoms with Gasteiger partial charge in [-0.05, 0) is 50.2 Å². The van der Waals surface area contributed by atoms with Crippen molar-refractivity contribution in [3.63, 3.8) is 0 Å². The number of nitrogens with one attached hydrogen (secondary N) is 2. The van der Waals surface area contributed by atoms with Gasteiger partial charge in [-0.1, -0.05) is 42.5 Å². The highest BCUT2D eigenvalue weighted by Crippen LogP contribution is 2.27. The molecule has 168 valence electrons. The van der Waals surface area contributed by atoms with Gasteiger partial charge in [0.15, 0.2) is 5.82 Å². The molecule has 4 aromatic rings. The van der Waals surface area contributed by atoms with Gasteiger partial charge >= 0.3 is 5.97 Å². The van der Waals surface area contributed by atoms with Gasteiger partial charge in [0.2, 0.25) is 0 Å². The first kappa shape index (κ1) is 22.4. The first-order valence-electron chi connectivity index (χ1n) is 11.4. The number of hydrogen-bond acceptors (Lipinski definition) is 5. The summed E-state index contributed by atoms with van der Waals surface area (Å²) in [5, 5.41) is 4.32. The van der Waals surface area contributed by atoms with E-state index in [1.54, 1.807) is 12.1 Å². The molecular weight excluding hydrogens is 412 g/mol. The van der Waals surface area contributed by atoms with Gasteiger partial charge in [-0.2, -0.15) is 0 Å². The minimum Gasteiger partial charge on any atom is -0.456 e. The highest BCUT2D eigenvalue weighted by atomic mass is 16.5. The molecule has 0 atom stereocenters. The second kappa shape index (κ2) is 10.7. The Balaban J connectivity index is 1.51. The van der Waals surface area contributed by atoms with Crippen molar-refractivity contribution in [2.24, 2.45) is 0 Å². The minimum absolute atomic E-state index is 0.299. The number of ether oxygens (including phenoxy) is 1. The molecular formula is C27H29N4O2+. The van der Waals surface area contributed by atoms with Crippen LogP contribution >= 0.6 is 0 Å². The van der Waals surface area contributed by atoms with Crippen molar-refractivity contribution in [3.8, 4) is 11.4 Å². The van der Waals surface area contributed by atoms with Crippen molar-refractivity contribution in [2.45, 2.75) is 13.8 Å². The molecule has 0 aliphatic carbocycles. The van der Waals surface area contributed by atoms with Crippen LogP contribution in [0.1, 0.15) is 24.2 Å². The van der Waals surface area contributed by atoms with E-state index >= 15 is 0 Å². The summed E-state index contributed by atoms with van der Waals surface area (Å²) < 4.78 is 5.44. The number of esters is 1. The van der Waals surface area contributed by atoms with Crippen LogP contribution in [0, 0.1) is 0 Å². The standard InChI is InChI=1S/C27H28N4O2/c1-3-31(4-2)18-19-33-27(32)21-14-16-22(17-15-21)28-26-23-12-8-9-13-24(23)29-25(30-26)20-10-6-5-7-11-20/h5-17H,3-4,18-19H2,1-2H3,(H,28,29,30)/p+1. The molecule has 33 heavy (non-hydrogen) atoms. The van der Waals surface area contributed by atoms with Gasteiger partial charge < -0.3 is 15.0 Å². The lowest BCUT2D eigenvalue weighted by Crippen LogP contribution is -3.11. The third kappa shape index (κ3) is 5.54. The molecule has 0 radical (unpaired) electrons. The van der Waals surface area contributed by atoms with E-state index in [4.69, 9.17) is 14.7 Å². The Morgan fingerprint density at radius 3 is 2.30 bits per heavy atom. The van der Waals surface area contributed by atoms with E-state index in [0.717, 1.165) is 47.6 Å². The molecule has 6 heteroatoms. The van der Waals surface area contributed by atoms with Crippen LogP contribution in [-0.2, 0) is 4.74 Å². The molecule has 1 aromatic heterocycles. The molecule has 0 unspecified atom stereocenters. The Morgan fingerprint density at radius 1 is 0.879 bits per heavy atom. The molecule has 0 saturated heterocycles. The van der Waals surface area contributed by atoms with E-state index in [1.807, 2.05) is 66.7 Å². The van der Waals surface area contributed by atoms with Gasteiger partial charge in [0.25, 0.3) is 0 Å². The summed E-state index contributed by atoms with van der Waals surface area (Å²) in [4.78, 5) is 23.3. The van der Waals surface area contributed by atoms with Gasteiger partial charge in [-0.3, -0.25) is 0 Å². The zero-order valence-corrected chi connectivity index (χ0v) is 19.0. The second-order valence-electron chi connectivity index (χ2n) is 7.82. The van der Waals surface area contributed by atoms with Crippen LogP contribution in [0.4, 0.5) is 11.5 Å². The molecule has 0 aliphatic rings. The number of aromatic nitrogens is 2. The molecule has 0 aliphatic heterocycles. The molecule has 0 bridgehead atoms. The molecule has 0 spiro atoms. The van der Waals surface area contributed by atoms with Crippen LogP contribution < -0.4 is 10.2 Å². The van der Waals surface area contributed by atoms with Crippen molar-refractivity contribution in [3.05, 3.63) is 84.4 Å². The van der Waals surface area contributed by atoms with Crippen molar-refractivity contribution in [2.75, 3.05) is 31.6 Å². The Labute approximate surface area is 194 Å². The normalized spacial score (nSPS) is 11.0. The van der Waals surface area contributed by atoms with Crippen LogP contribution in [-0.4, -0.2) is 42.2 Å². The number of likely N-dealkylation sites (N-methyl/N-ethyl adjacent to an activating group) is 1. The van der Waals surface area contributed by atoms with Crippen molar-refractivity contribution in [1.82, 2.24) is 9.97 Å². The smallest absolute Gasteiger partial charge is 0.338 e. The van der Waals surface area contributed by atoms with E-state index in [2.05, 4.69) is 19.2 Å². The predicted octanol–water partition coefficient (Wildman–Crippen LogP) is 4.12. The van der Waals surface area contributed by atoms with Crippen LogP contribution in [0.15, 0.2) is 78.9 Å². The summed E-state index contributed by atoms with van der Waals surface area (Å²) in [6.07, 6.45) is 0. The van der Waals surface area contributed by atoms with Gasteiger partial charge in [-0.15, -0.1) is 0 Å². The van der Waals surface area contributed by atoms with Crippen molar-refractivity contribution >= 4 is 28.4 Å². The Kier molecular flexibility index (Phi) is 7.27. The highest BCUT2D eigenvalue weighted by Gasteiger charge is 2.12. The summed E-state index contributed by atoms with van der Waals surface area (Å²) in [7, 11) is 0. The number of benzene rings is 3. The van der Waals surface area contributed by atoms with Crippen LogP contribution in [0.3, 0.4) is 0 Å². The zero-order valence-electron chi connectivity index (χ0n) is 19.0. The quantitative estimate of drug-likeness (QED) is 0.383. The highest BCUT2D eigenvalue weighted by molar-refractivity contribution is 5.93. The number of carbonyl (C=O) groups excluding carboxylic acids is 1. The molecule has 0 saturated carbocycles. The minimum atomic E-state index is -0.299. The Hall–Kier alpha value is -3.77.